The van der Waals surface area contributed by atoms with Crippen molar-refractivity contribution < 1.29 is 34.9 Å². The monoisotopic (exact) mass is 364 g/mol. The summed E-state index contributed by atoms with van der Waals surface area (Å²) in [6.07, 6.45) is 20.4. The molecule has 1 N–H and O–H groups in total. The standard InChI is InChI=1S/C23H32O3.Li.H/c1-2-3-4-5-6-7-8-9-10-11-12-13-17-21-22(26-21)19-15-14-16-20(18-19)23(24)25;;/h11-18,21-22H,2-10H2,1H3,(H,24,25);;/q;+1;-1/b12-11+,17-13+;;. The number of hydrogen-bond acceptors (Lipinski definition) is 2. The van der Waals surface area contributed by atoms with Gasteiger partial charge in [0.05, 0.1) is 5.56 Å². The van der Waals surface area contributed by atoms with E-state index in [1.54, 1.807) is 18.2 Å². The smallest absolute Gasteiger partial charge is 1.00 e. The molecule has 2 rings (SSSR count). The number of aromatic carboxylic acids is 1. The Morgan fingerprint density at radius 3 is 2.52 bits per heavy atom. The Morgan fingerprint density at radius 1 is 1.11 bits per heavy atom. The van der Waals surface area contributed by atoms with Crippen molar-refractivity contribution in [3.63, 3.8) is 0 Å². The van der Waals surface area contributed by atoms with Crippen molar-refractivity contribution in [3.05, 3.63) is 59.7 Å². The number of allylic oxidation sites excluding steroid dienone is 3. The average molecular weight is 364 g/mol. The minimum atomic E-state index is -0.900. The van der Waals surface area contributed by atoms with Gasteiger partial charge in [-0.3, -0.25) is 0 Å². The number of epoxide rings is 1. The van der Waals surface area contributed by atoms with Gasteiger partial charge in [0.1, 0.15) is 12.2 Å². The van der Waals surface area contributed by atoms with Crippen LogP contribution in [0.15, 0.2) is 48.6 Å². The molecule has 3 nitrogen and oxygen atoms in total. The minimum absolute atomic E-state index is 0. The summed E-state index contributed by atoms with van der Waals surface area (Å²) in [6, 6.07) is 6.99. The molecule has 27 heavy (non-hydrogen) atoms. The van der Waals surface area contributed by atoms with Crippen LogP contribution in [0.2, 0.25) is 0 Å². The van der Waals surface area contributed by atoms with E-state index in [0.717, 1.165) is 12.0 Å². The molecule has 1 aromatic rings. The van der Waals surface area contributed by atoms with Crippen LogP contribution in [-0.4, -0.2) is 17.2 Å². The number of unbranched alkanes of at least 4 members (excludes halogenated alkanes) is 8. The van der Waals surface area contributed by atoms with E-state index in [1.165, 1.54) is 51.4 Å². The van der Waals surface area contributed by atoms with Crippen molar-refractivity contribution in [3.8, 4) is 0 Å². The number of benzene rings is 1. The zero-order valence-electron chi connectivity index (χ0n) is 17.9. The van der Waals surface area contributed by atoms with Gasteiger partial charge in [-0.15, -0.1) is 0 Å². The quantitative estimate of drug-likeness (QED) is 0.252. The summed E-state index contributed by atoms with van der Waals surface area (Å²) in [7, 11) is 0. The Balaban J connectivity index is 0.00000364. The van der Waals surface area contributed by atoms with Crippen LogP contribution >= 0.6 is 0 Å². The van der Waals surface area contributed by atoms with Gasteiger partial charge in [0.15, 0.2) is 0 Å². The van der Waals surface area contributed by atoms with Crippen molar-refractivity contribution in [2.75, 3.05) is 0 Å². The largest absolute Gasteiger partial charge is 1.00 e. The molecule has 0 spiro atoms. The maximum atomic E-state index is 11.0. The van der Waals surface area contributed by atoms with Crippen LogP contribution in [0.25, 0.3) is 0 Å². The predicted octanol–water partition coefficient (Wildman–Crippen LogP) is 3.58. The molecule has 2 unspecified atom stereocenters. The number of carbonyl (C=O) groups is 1. The zero-order valence-corrected chi connectivity index (χ0v) is 16.9. The van der Waals surface area contributed by atoms with Crippen LogP contribution in [0.3, 0.4) is 0 Å². The molecule has 1 saturated heterocycles. The molecule has 0 amide bonds. The number of ether oxygens (including phenoxy) is 1. The first-order chi connectivity index (χ1) is 12.7. The molecule has 0 bridgehead atoms. The molecule has 1 fully saturated rings. The second kappa shape index (κ2) is 13.8. The molecule has 0 saturated carbocycles. The van der Waals surface area contributed by atoms with Gasteiger partial charge in [0.2, 0.25) is 0 Å². The Kier molecular flexibility index (Phi) is 12.2. The van der Waals surface area contributed by atoms with Crippen LogP contribution in [0.1, 0.15) is 88.2 Å². The summed E-state index contributed by atoms with van der Waals surface area (Å²) in [4.78, 5) is 11.0. The van der Waals surface area contributed by atoms with E-state index < -0.39 is 5.97 Å². The van der Waals surface area contributed by atoms with Crippen LogP contribution in [-0.2, 0) is 4.74 Å². The molecule has 1 aliphatic rings. The number of rotatable bonds is 13. The zero-order chi connectivity index (χ0) is 18.6. The first-order valence-electron chi connectivity index (χ1n) is 10.0. The molecule has 0 aromatic heterocycles. The molecule has 0 radical (unpaired) electrons. The van der Waals surface area contributed by atoms with E-state index in [4.69, 9.17) is 9.84 Å². The first kappa shape index (κ1) is 23.8. The SMILES string of the molecule is CCCCCCCCCC/C=C/C=C/C1OC1c1cccc(C(=O)O)c1.[H-].[Li+]. The van der Waals surface area contributed by atoms with Crippen molar-refractivity contribution >= 4 is 5.97 Å². The third-order valence-electron chi connectivity index (χ3n) is 4.76. The molecule has 144 valence electrons. The molecule has 4 heteroatoms. The van der Waals surface area contributed by atoms with Crippen LogP contribution in [0.5, 0.6) is 0 Å². The van der Waals surface area contributed by atoms with E-state index in [2.05, 4.69) is 19.1 Å². The fourth-order valence-corrected chi connectivity index (χ4v) is 3.13. The first-order valence-corrected chi connectivity index (χ1v) is 10.0. The Bertz CT molecular complexity index is 616. The molecular formula is C23H33LiO3. The molecule has 1 aliphatic heterocycles. The number of carboxylic acids is 1. The van der Waals surface area contributed by atoms with Gasteiger partial charge in [0.25, 0.3) is 0 Å². The normalized spacial score (nSPS) is 18.7. The van der Waals surface area contributed by atoms with E-state index in [9.17, 15) is 4.79 Å². The Hall–Kier alpha value is -1.27. The van der Waals surface area contributed by atoms with Gasteiger partial charge >= 0.3 is 24.8 Å². The maximum Gasteiger partial charge on any atom is 1.00 e. The Labute approximate surface area is 177 Å². The third kappa shape index (κ3) is 9.47. The predicted molar refractivity (Wildman–Crippen MR) is 108 cm³/mol. The maximum absolute atomic E-state index is 11.0. The average Bonchev–Trinajstić information content (AvgIpc) is 3.42. The molecule has 1 heterocycles. The van der Waals surface area contributed by atoms with Gasteiger partial charge < -0.3 is 11.3 Å². The third-order valence-corrected chi connectivity index (χ3v) is 4.76. The molecule has 0 aliphatic carbocycles. The summed E-state index contributed by atoms with van der Waals surface area (Å²) in [6.45, 7) is 2.26. The number of hydrogen-bond donors (Lipinski definition) is 1. The summed E-state index contributed by atoms with van der Waals surface area (Å²) in [5.41, 5.74) is 1.24. The van der Waals surface area contributed by atoms with E-state index in [0.29, 0.717) is 5.56 Å². The molecular weight excluding hydrogens is 331 g/mol. The van der Waals surface area contributed by atoms with Crippen LogP contribution in [0.4, 0.5) is 0 Å². The molecule has 2 atom stereocenters. The fraction of sp³-hybridized carbons (Fsp3) is 0.522. The summed E-state index contributed by atoms with van der Waals surface area (Å²) in [5.74, 6) is -0.900. The number of carboxylic acid groups (broad SMARTS) is 1. The minimum Gasteiger partial charge on any atom is -1.00 e. The van der Waals surface area contributed by atoms with Crippen LogP contribution < -0.4 is 18.9 Å². The van der Waals surface area contributed by atoms with Gasteiger partial charge in [-0.05, 0) is 30.5 Å². The molecule has 1 aromatic carbocycles. The van der Waals surface area contributed by atoms with Crippen LogP contribution in [0, 0.1) is 0 Å². The second-order valence-electron chi connectivity index (χ2n) is 7.03. The van der Waals surface area contributed by atoms with E-state index in [1.807, 2.05) is 18.2 Å². The summed E-state index contributed by atoms with van der Waals surface area (Å²) in [5, 5.41) is 9.04. The van der Waals surface area contributed by atoms with E-state index in [-0.39, 0.29) is 32.5 Å². The van der Waals surface area contributed by atoms with E-state index >= 15 is 0 Å². The van der Waals surface area contributed by atoms with Crippen molar-refractivity contribution in [2.45, 2.75) is 76.9 Å². The van der Waals surface area contributed by atoms with Gasteiger partial charge in [-0.2, -0.15) is 0 Å². The topological polar surface area (TPSA) is 49.8 Å². The summed E-state index contributed by atoms with van der Waals surface area (Å²) < 4.78 is 5.62. The van der Waals surface area contributed by atoms with Gasteiger partial charge in [-0.25, -0.2) is 4.79 Å². The van der Waals surface area contributed by atoms with Crippen molar-refractivity contribution in [1.29, 1.82) is 0 Å². The second-order valence-corrected chi connectivity index (χ2v) is 7.03. The van der Waals surface area contributed by atoms with Crippen molar-refractivity contribution in [2.24, 2.45) is 0 Å². The summed E-state index contributed by atoms with van der Waals surface area (Å²) >= 11 is 0. The Morgan fingerprint density at radius 2 is 1.81 bits per heavy atom. The van der Waals surface area contributed by atoms with Gasteiger partial charge in [0, 0.05) is 0 Å². The van der Waals surface area contributed by atoms with Crippen molar-refractivity contribution in [1.82, 2.24) is 0 Å². The fourth-order valence-electron chi connectivity index (χ4n) is 3.13. The van der Waals surface area contributed by atoms with Gasteiger partial charge in [-0.1, -0.05) is 88.3 Å².